The molecule has 0 aliphatic heterocycles. The highest BCUT2D eigenvalue weighted by Gasteiger charge is 2.27. The van der Waals surface area contributed by atoms with Crippen LogP contribution in [0, 0.1) is 0 Å². The molecule has 144 valence electrons. The summed E-state index contributed by atoms with van der Waals surface area (Å²) in [5.41, 5.74) is 2.93. The molecule has 0 saturated heterocycles. The Hall–Kier alpha value is -0.700. The summed E-state index contributed by atoms with van der Waals surface area (Å²) >= 11 is 13.9. The van der Waals surface area contributed by atoms with Crippen molar-refractivity contribution in [2.75, 3.05) is 0 Å². The summed E-state index contributed by atoms with van der Waals surface area (Å²) in [4.78, 5) is 22.1. The summed E-state index contributed by atoms with van der Waals surface area (Å²) in [5, 5.41) is 18.2. The van der Waals surface area contributed by atoms with Crippen molar-refractivity contribution in [1.29, 1.82) is 0 Å². The minimum atomic E-state index is -0.898. The molecule has 2 N–H and O–H groups in total. The molecule has 0 aliphatic carbocycles. The van der Waals surface area contributed by atoms with Gasteiger partial charge < -0.3 is 10.2 Å². The van der Waals surface area contributed by atoms with Crippen LogP contribution in [0.15, 0.2) is 42.2 Å². The van der Waals surface area contributed by atoms with Crippen LogP contribution in [0.2, 0.25) is 0 Å². The van der Waals surface area contributed by atoms with Gasteiger partial charge in [-0.05, 0) is 46.5 Å². The summed E-state index contributed by atoms with van der Waals surface area (Å²) < 4.78 is 2.90. The average molecular weight is 628 g/mol. The first-order valence-electron chi connectivity index (χ1n) is 7.84. The highest BCUT2D eigenvalue weighted by atomic mass is 79.9. The third-order valence-electron chi connectivity index (χ3n) is 4.38. The molecule has 0 spiro atoms. The van der Waals surface area contributed by atoms with Crippen molar-refractivity contribution in [3.05, 3.63) is 64.4 Å². The normalized spacial score (nSPS) is 11.5. The maximum Gasteiger partial charge on any atom is 0.307 e. The summed E-state index contributed by atoms with van der Waals surface area (Å²) in [7, 11) is 0. The van der Waals surface area contributed by atoms with E-state index in [1.54, 1.807) is 0 Å². The van der Waals surface area contributed by atoms with Crippen LogP contribution in [-0.2, 0) is 27.8 Å². The van der Waals surface area contributed by atoms with E-state index in [1.165, 1.54) is 0 Å². The second-order valence-corrected chi connectivity index (χ2v) is 10.0. The van der Waals surface area contributed by atoms with E-state index in [4.69, 9.17) is 10.2 Å². The van der Waals surface area contributed by atoms with Crippen molar-refractivity contribution in [2.45, 2.75) is 32.1 Å². The van der Waals surface area contributed by atoms with Crippen molar-refractivity contribution in [2.24, 2.45) is 0 Å². The molecular weight excluding hydrogens is 612 g/mol. The Kier molecular flexibility index (Phi) is 7.33. The van der Waals surface area contributed by atoms with E-state index in [2.05, 4.69) is 77.6 Å². The molecule has 0 atom stereocenters. The fourth-order valence-electron chi connectivity index (χ4n) is 2.73. The van der Waals surface area contributed by atoms with E-state index in [0.717, 1.165) is 29.0 Å². The van der Waals surface area contributed by atoms with Gasteiger partial charge in [-0.15, -0.1) is 0 Å². The van der Waals surface area contributed by atoms with Gasteiger partial charge in [-0.1, -0.05) is 77.6 Å². The number of halogens is 4. The lowest BCUT2D eigenvalue weighted by molar-refractivity contribution is -0.137. The van der Waals surface area contributed by atoms with Gasteiger partial charge in [-0.25, -0.2) is 0 Å². The number of rotatable bonds is 6. The zero-order valence-corrected chi connectivity index (χ0v) is 20.8. The van der Waals surface area contributed by atoms with Crippen molar-refractivity contribution in [3.63, 3.8) is 0 Å². The lowest BCUT2D eigenvalue weighted by Crippen LogP contribution is -2.20. The number of benzene rings is 2. The van der Waals surface area contributed by atoms with Gasteiger partial charge in [0.05, 0.1) is 12.8 Å². The Balaban J connectivity index is 2.53. The highest BCUT2D eigenvalue weighted by molar-refractivity contribution is 9.11. The van der Waals surface area contributed by atoms with E-state index >= 15 is 0 Å². The van der Waals surface area contributed by atoms with E-state index in [-0.39, 0.29) is 12.8 Å². The Labute approximate surface area is 190 Å². The smallest absolute Gasteiger partial charge is 0.307 e. The van der Waals surface area contributed by atoms with Crippen molar-refractivity contribution in [3.8, 4) is 0 Å². The molecule has 0 aliphatic rings. The first kappa shape index (κ1) is 22.6. The van der Waals surface area contributed by atoms with Crippen molar-refractivity contribution >= 4 is 75.7 Å². The van der Waals surface area contributed by atoms with Crippen LogP contribution in [0.1, 0.15) is 36.1 Å². The SMILES string of the molecule is CC(C)(c1cc(Br)c(CC(=O)O)c(Br)c1)c1cc(Br)c(CC(=O)O)c(Br)c1. The van der Waals surface area contributed by atoms with Gasteiger partial charge in [-0.2, -0.15) is 0 Å². The predicted octanol–water partition coefficient (Wildman–Crippen LogP) is 6.32. The van der Waals surface area contributed by atoms with Crippen LogP contribution in [-0.4, -0.2) is 22.2 Å². The molecule has 27 heavy (non-hydrogen) atoms. The number of aliphatic carboxylic acids is 2. The number of hydrogen-bond donors (Lipinski definition) is 2. The van der Waals surface area contributed by atoms with Gasteiger partial charge in [0.15, 0.2) is 0 Å². The van der Waals surface area contributed by atoms with Crippen LogP contribution in [0.25, 0.3) is 0 Å². The molecule has 2 rings (SSSR count). The second-order valence-electron chi connectivity index (χ2n) is 6.60. The number of carbonyl (C=O) groups is 2. The quantitative estimate of drug-likeness (QED) is 0.393. The minimum absolute atomic E-state index is 0.0805. The van der Waals surface area contributed by atoms with Crippen LogP contribution < -0.4 is 0 Å². The van der Waals surface area contributed by atoms with Crippen LogP contribution in [0.4, 0.5) is 0 Å². The van der Waals surface area contributed by atoms with Gasteiger partial charge in [0.1, 0.15) is 0 Å². The van der Waals surface area contributed by atoms with Crippen LogP contribution >= 0.6 is 63.7 Å². The Morgan fingerprint density at radius 2 is 1.00 bits per heavy atom. The van der Waals surface area contributed by atoms with Gasteiger partial charge in [0.25, 0.3) is 0 Å². The predicted molar refractivity (Wildman–Crippen MR) is 118 cm³/mol. The topological polar surface area (TPSA) is 74.6 Å². The van der Waals surface area contributed by atoms with Crippen molar-refractivity contribution < 1.29 is 19.8 Å². The zero-order valence-electron chi connectivity index (χ0n) is 14.4. The molecular formula is C19H16Br4O4. The molecule has 2 aromatic rings. The number of carboxylic acids is 2. The summed E-state index contributed by atoms with van der Waals surface area (Å²) in [6.45, 7) is 4.12. The zero-order chi connectivity index (χ0) is 20.5. The summed E-state index contributed by atoms with van der Waals surface area (Å²) in [5.74, 6) is -1.80. The fraction of sp³-hybridized carbons (Fsp3) is 0.263. The van der Waals surface area contributed by atoms with Gasteiger partial charge in [-0.3, -0.25) is 9.59 Å². The molecule has 4 nitrogen and oxygen atoms in total. The molecule has 0 heterocycles. The molecule has 0 saturated carbocycles. The van der Waals surface area contributed by atoms with E-state index in [1.807, 2.05) is 24.3 Å². The Bertz CT molecular complexity index is 802. The Morgan fingerprint density at radius 1 is 0.741 bits per heavy atom. The largest absolute Gasteiger partial charge is 0.481 e. The molecule has 0 unspecified atom stereocenters. The molecule has 0 fully saturated rings. The molecule has 2 aromatic carbocycles. The van der Waals surface area contributed by atoms with Gasteiger partial charge in [0.2, 0.25) is 0 Å². The van der Waals surface area contributed by atoms with Gasteiger partial charge in [0, 0.05) is 23.3 Å². The Morgan fingerprint density at radius 3 is 1.22 bits per heavy atom. The third-order valence-corrected chi connectivity index (χ3v) is 7.21. The van der Waals surface area contributed by atoms with Crippen LogP contribution in [0.5, 0.6) is 0 Å². The van der Waals surface area contributed by atoms with Crippen LogP contribution in [0.3, 0.4) is 0 Å². The molecule has 8 heteroatoms. The maximum atomic E-state index is 11.1. The lowest BCUT2D eigenvalue weighted by atomic mass is 9.77. The summed E-state index contributed by atoms with van der Waals surface area (Å²) in [6, 6.07) is 7.71. The van der Waals surface area contributed by atoms with E-state index < -0.39 is 17.4 Å². The standard InChI is InChI=1S/C19H16Br4O4/c1-19(2,9-3-13(20)11(7-17(24)25)14(21)4-9)10-5-15(22)12(8-18(26)27)16(23)6-10/h3-6H,7-8H2,1-2H3,(H,24,25)(H,26,27). The maximum absolute atomic E-state index is 11.1. The summed E-state index contributed by atoms with van der Waals surface area (Å²) in [6.07, 6.45) is -0.161. The molecule has 0 amide bonds. The lowest BCUT2D eigenvalue weighted by Gasteiger charge is -2.28. The number of carboxylic acid groups (broad SMARTS) is 2. The number of hydrogen-bond acceptors (Lipinski definition) is 2. The average Bonchev–Trinajstić information content (AvgIpc) is 2.53. The third kappa shape index (κ3) is 5.22. The minimum Gasteiger partial charge on any atom is -0.481 e. The highest BCUT2D eigenvalue weighted by Crippen LogP contribution is 2.40. The molecule has 0 aromatic heterocycles. The second kappa shape index (κ2) is 8.76. The fourth-order valence-corrected chi connectivity index (χ4v) is 5.67. The molecule has 0 bridgehead atoms. The first-order valence-corrected chi connectivity index (χ1v) is 11.0. The van der Waals surface area contributed by atoms with Crippen molar-refractivity contribution in [1.82, 2.24) is 0 Å². The first-order chi connectivity index (χ1) is 12.4. The van der Waals surface area contributed by atoms with E-state index in [9.17, 15) is 9.59 Å². The molecule has 0 radical (unpaired) electrons. The van der Waals surface area contributed by atoms with Gasteiger partial charge >= 0.3 is 11.9 Å². The van der Waals surface area contributed by atoms with E-state index in [0.29, 0.717) is 11.1 Å². The monoisotopic (exact) mass is 624 g/mol.